The standard InChI is InChI=1S/C41H52N12O7/c1-6-52-31(18-24(3)48-52)26(5)44-40-45-29-20-27(37(42)56)22-33(59-16-10-14-54)35(29)50(40)12-8-9-13-51-36-30(21-28(38(43)57)23-34(36)60-17-11-15-55)46-41(51)47-39(58)32-19-25(4)49-53(32)7-2/h18-23,54-55H,5-17H2,1-4H3,(H2,42,56)(H2,43,57)(H,44,45)(H,46,47,58). The van der Waals surface area contributed by atoms with E-state index in [1.807, 2.05) is 47.6 Å². The van der Waals surface area contributed by atoms with E-state index in [0.29, 0.717) is 108 Å². The molecule has 0 atom stereocenters. The molecule has 0 bridgehead atoms. The maximum Gasteiger partial charge on any atom is 0.276 e. The molecule has 19 nitrogen and oxygen atoms in total. The van der Waals surface area contributed by atoms with Crippen LogP contribution in [0.25, 0.3) is 27.8 Å². The van der Waals surface area contributed by atoms with Crippen LogP contribution in [0.2, 0.25) is 0 Å². The number of imidazole rings is 2. The Labute approximate surface area is 346 Å². The van der Waals surface area contributed by atoms with E-state index in [0.717, 1.165) is 11.4 Å². The lowest BCUT2D eigenvalue weighted by atomic mass is 10.1. The number of benzene rings is 2. The van der Waals surface area contributed by atoms with Gasteiger partial charge in [-0.3, -0.25) is 29.1 Å². The highest BCUT2D eigenvalue weighted by Gasteiger charge is 2.24. The number of anilines is 2. The molecule has 0 aliphatic heterocycles. The first kappa shape index (κ1) is 42.9. The molecule has 4 aromatic heterocycles. The van der Waals surface area contributed by atoms with E-state index in [-0.39, 0.29) is 43.5 Å². The summed E-state index contributed by atoms with van der Waals surface area (Å²) in [5.74, 6) is -0.394. The maximum atomic E-state index is 13.7. The van der Waals surface area contributed by atoms with Crippen LogP contribution in [-0.4, -0.2) is 93.0 Å². The normalized spacial score (nSPS) is 11.4. The van der Waals surface area contributed by atoms with E-state index in [1.165, 1.54) is 6.07 Å². The highest BCUT2D eigenvalue weighted by molar-refractivity contribution is 6.04. The van der Waals surface area contributed by atoms with Crippen LogP contribution in [0.5, 0.6) is 11.5 Å². The molecule has 6 rings (SSSR count). The number of aryl methyl sites for hydroxylation is 6. The number of nitrogens with two attached hydrogens (primary N) is 2. The summed E-state index contributed by atoms with van der Waals surface area (Å²) in [5.41, 5.74) is 17.0. The van der Waals surface area contributed by atoms with Gasteiger partial charge < -0.3 is 45.6 Å². The number of aliphatic hydroxyl groups excluding tert-OH is 2. The molecule has 0 saturated carbocycles. The van der Waals surface area contributed by atoms with Gasteiger partial charge in [-0.1, -0.05) is 6.58 Å². The van der Waals surface area contributed by atoms with Crippen molar-refractivity contribution in [3.63, 3.8) is 0 Å². The van der Waals surface area contributed by atoms with Gasteiger partial charge in [-0.15, -0.1) is 0 Å². The van der Waals surface area contributed by atoms with Gasteiger partial charge in [-0.2, -0.15) is 10.2 Å². The average molecular weight is 825 g/mol. The van der Waals surface area contributed by atoms with Crippen LogP contribution in [0.4, 0.5) is 11.9 Å². The third-order valence-corrected chi connectivity index (χ3v) is 9.75. The number of carbonyl (C=O) groups excluding carboxylic acids is 3. The van der Waals surface area contributed by atoms with E-state index in [1.54, 1.807) is 28.9 Å². The molecule has 0 unspecified atom stereocenters. The molecule has 8 N–H and O–H groups in total. The summed E-state index contributed by atoms with van der Waals surface area (Å²) in [5, 5.41) is 34.3. The zero-order valence-corrected chi connectivity index (χ0v) is 34.3. The molecule has 0 radical (unpaired) electrons. The zero-order chi connectivity index (χ0) is 43.1. The number of primary amides is 2. The highest BCUT2D eigenvalue weighted by Crippen LogP contribution is 2.34. The lowest BCUT2D eigenvalue weighted by Gasteiger charge is -2.16. The number of fused-ring (bicyclic) bond motifs is 2. The van der Waals surface area contributed by atoms with Gasteiger partial charge in [0.1, 0.15) is 28.2 Å². The van der Waals surface area contributed by atoms with E-state index in [2.05, 4.69) is 27.4 Å². The van der Waals surface area contributed by atoms with Crippen molar-refractivity contribution in [2.24, 2.45) is 11.5 Å². The number of hydrogen-bond acceptors (Lipinski definition) is 12. The first-order chi connectivity index (χ1) is 28.9. The summed E-state index contributed by atoms with van der Waals surface area (Å²) in [7, 11) is 0. The van der Waals surface area contributed by atoms with E-state index in [4.69, 9.17) is 30.9 Å². The van der Waals surface area contributed by atoms with E-state index < -0.39 is 17.7 Å². The minimum Gasteiger partial charge on any atom is -0.491 e. The second-order valence-electron chi connectivity index (χ2n) is 14.2. The molecule has 3 amide bonds. The van der Waals surface area contributed by atoms with E-state index >= 15 is 0 Å². The summed E-state index contributed by atoms with van der Waals surface area (Å²) in [6, 6.07) is 9.90. The molecule has 6 aromatic rings. The van der Waals surface area contributed by atoms with Crippen molar-refractivity contribution in [3.8, 4) is 11.5 Å². The number of nitrogens with zero attached hydrogens (tertiary/aromatic N) is 8. The van der Waals surface area contributed by atoms with Crippen molar-refractivity contribution < 1.29 is 34.1 Å². The van der Waals surface area contributed by atoms with Crippen LogP contribution in [0.1, 0.15) is 87.8 Å². The summed E-state index contributed by atoms with van der Waals surface area (Å²) in [6.45, 7) is 13.9. The summed E-state index contributed by atoms with van der Waals surface area (Å²) < 4.78 is 19.4. The second kappa shape index (κ2) is 18.9. The minimum atomic E-state index is -0.678. The number of unbranched alkanes of at least 4 members (excludes halogenated alkanes) is 1. The lowest BCUT2D eigenvalue weighted by Crippen LogP contribution is -2.20. The number of rotatable bonds is 22. The number of aliphatic hydroxyl groups is 2. The Hall–Kier alpha value is -6.73. The Kier molecular flexibility index (Phi) is 13.5. The largest absolute Gasteiger partial charge is 0.491 e. The van der Waals surface area contributed by atoms with Gasteiger partial charge in [0, 0.05) is 63.4 Å². The first-order valence-corrected chi connectivity index (χ1v) is 19.9. The number of carbonyl (C=O) groups is 3. The van der Waals surface area contributed by atoms with Gasteiger partial charge >= 0.3 is 0 Å². The molecule has 2 aromatic carbocycles. The fourth-order valence-corrected chi connectivity index (χ4v) is 6.99. The van der Waals surface area contributed by atoms with Crippen molar-refractivity contribution in [2.45, 2.75) is 79.6 Å². The predicted molar refractivity (Wildman–Crippen MR) is 226 cm³/mol. The molecular weight excluding hydrogens is 773 g/mol. The van der Waals surface area contributed by atoms with Gasteiger partial charge in [0.25, 0.3) is 5.91 Å². The number of ether oxygens (including phenoxy) is 2. The molecule has 4 heterocycles. The van der Waals surface area contributed by atoms with Gasteiger partial charge in [-0.05, 0) is 76.9 Å². The molecule has 0 aliphatic rings. The number of hydrogen-bond donors (Lipinski definition) is 6. The summed E-state index contributed by atoms with van der Waals surface area (Å²) >= 11 is 0. The second-order valence-corrected chi connectivity index (χ2v) is 14.2. The van der Waals surface area contributed by atoms with Crippen molar-refractivity contribution >= 4 is 57.4 Å². The number of aromatic nitrogens is 8. The molecule has 318 valence electrons. The Morgan fingerprint density at radius 1 is 0.683 bits per heavy atom. The quantitative estimate of drug-likeness (QED) is 0.0532. The zero-order valence-electron chi connectivity index (χ0n) is 34.3. The number of nitrogens with one attached hydrogen (secondary N) is 2. The third kappa shape index (κ3) is 9.26. The van der Waals surface area contributed by atoms with Crippen LogP contribution in [-0.2, 0) is 26.2 Å². The fraction of sp³-hybridized carbons (Fsp3) is 0.390. The van der Waals surface area contributed by atoms with Crippen LogP contribution >= 0.6 is 0 Å². The fourth-order valence-electron chi connectivity index (χ4n) is 6.99. The van der Waals surface area contributed by atoms with Crippen LogP contribution < -0.4 is 31.6 Å². The van der Waals surface area contributed by atoms with Crippen LogP contribution in [0, 0.1) is 13.8 Å². The van der Waals surface area contributed by atoms with Crippen LogP contribution in [0.15, 0.2) is 43.0 Å². The van der Waals surface area contributed by atoms with Crippen molar-refractivity contribution in [3.05, 3.63) is 76.9 Å². The molecule has 60 heavy (non-hydrogen) atoms. The molecule has 0 fully saturated rings. The monoisotopic (exact) mass is 824 g/mol. The minimum absolute atomic E-state index is 0.0830. The maximum absolute atomic E-state index is 13.7. The topological polar surface area (TPSA) is 258 Å². The van der Waals surface area contributed by atoms with Crippen molar-refractivity contribution in [1.29, 1.82) is 0 Å². The highest BCUT2D eigenvalue weighted by atomic mass is 16.5. The average Bonchev–Trinajstić information content (AvgIpc) is 3.98. The lowest BCUT2D eigenvalue weighted by molar-refractivity contribution is 0.0991. The molecule has 19 heteroatoms. The molecule has 0 aliphatic carbocycles. The Morgan fingerprint density at radius 3 is 1.58 bits per heavy atom. The molecular formula is C41H52N12O7. The van der Waals surface area contributed by atoms with Gasteiger partial charge in [-0.25, -0.2) is 9.97 Å². The number of amides is 3. The predicted octanol–water partition coefficient (Wildman–Crippen LogP) is 3.97. The molecule has 0 saturated heterocycles. The van der Waals surface area contributed by atoms with Crippen LogP contribution in [0.3, 0.4) is 0 Å². The smallest absolute Gasteiger partial charge is 0.276 e. The first-order valence-electron chi connectivity index (χ1n) is 19.9. The SMILES string of the molecule is C=C(Nc1nc2cc(C(N)=O)cc(OCCCO)c2n1CCCCn1c(NC(=O)c2cc(C)nn2CC)nc2cc(C(N)=O)cc(OCCCO)c21)c1cc(C)nn1CC. The molecule has 0 spiro atoms. The summed E-state index contributed by atoms with van der Waals surface area (Å²) in [6.07, 6.45) is 1.80. The van der Waals surface area contributed by atoms with E-state index in [9.17, 15) is 24.6 Å². The Balaban J connectivity index is 1.38. The van der Waals surface area contributed by atoms with Gasteiger partial charge in [0.05, 0.1) is 47.0 Å². The summed E-state index contributed by atoms with van der Waals surface area (Å²) in [4.78, 5) is 48.2. The van der Waals surface area contributed by atoms with Gasteiger partial charge in [0.15, 0.2) is 0 Å². The van der Waals surface area contributed by atoms with Crippen molar-refractivity contribution in [2.75, 3.05) is 37.1 Å². The Bertz CT molecular complexity index is 2370. The third-order valence-electron chi connectivity index (χ3n) is 9.75. The Morgan fingerprint density at radius 2 is 1.13 bits per heavy atom. The van der Waals surface area contributed by atoms with Crippen molar-refractivity contribution in [1.82, 2.24) is 38.7 Å². The van der Waals surface area contributed by atoms with Gasteiger partial charge in [0.2, 0.25) is 23.7 Å².